The molecule has 0 unspecified atom stereocenters. The number of aromatic hydroxyl groups is 1. The van der Waals surface area contributed by atoms with Gasteiger partial charge in [-0.2, -0.15) is 0 Å². The van der Waals surface area contributed by atoms with Gasteiger partial charge in [-0.1, -0.05) is 41.3 Å². The van der Waals surface area contributed by atoms with Crippen molar-refractivity contribution in [2.45, 2.75) is 39.0 Å². The van der Waals surface area contributed by atoms with Gasteiger partial charge in [-0.25, -0.2) is 0 Å². The molecule has 0 spiro atoms. The highest BCUT2D eigenvalue weighted by Gasteiger charge is 2.31. The Morgan fingerprint density at radius 1 is 1.35 bits per heavy atom. The zero-order valence-corrected chi connectivity index (χ0v) is 13.5. The van der Waals surface area contributed by atoms with Gasteiger partial charge in [-0.05, 0) is 42.9 Å². The van der Waals surface area contributed by atoms with Gasteiger partial charge in [0.1, 0.15) is 5.75 Å². The first-order valence-electron chi connectivity index (χ1n) is 7.20. The summed E-state index contributed by atoms with van der Waals surface area (Å²) in [5, 5.41) is 13.8. The molecule has 0 bridgehead atoms. The standard InChI is InChI=1S/C16H22BrNO2/c1-12-5-6-13(14(19)9-12)15(20)18-11-16(10-17)7-3-2-4-8-16/h5-6,9,19H,2-4,7-8,10-11H2,1H3,(H,18,20). The molecule has 1 aliphatic carbocycles. The monoisotopic (exact) mass is 339 g/mol. The number of phenols is 1. The third kappa shape index (κ3) is 3.54. The van der Waals surface area contributed by atoms with Crippen LogP contribution in [0.2, 0.25) is 0 Å². The molecule has 0 radical (unpaired) electrons. The second kappa shape index (κ2) is 6.61. The molecule has 110 valence electrons. The van der Waals surface area contributed by atoms with Crippen molar-refractivity contribution < 1.29 is 9.90 Å². The second-order valence-electron chi connectivity index (χ2n) is 5.90. The summed E-state index contributed by atoms with van der Waals surface area (Å²) in [4.78, 5) is 12.2. The number of alkyl halides is 1. The lowest BCUT2D eigenvalue weighted by Crippen LogP contribution is -2.40. The van der Waals surface area contributed by atoms with Gasteiger partial charge in [-0.15, -0.1) is 0 Å². The number of aryl methyl sites for hydroxylation is 1. The van der Waals surface area contributed by atoms with Crippen molar-refractivity contribution >= 4 is 21.8 Å². The summed E-state index contributed by atoms with van der Waals surface area (Å²) in [6.45, 7) is 2.56. The molecule has 4 heteroatoms. The fraction of sp³-hybridized carbons (Fsp3) is 0.562. The first-order chi connectivity index (χ1) is 9.56. The largest absolute Gasteiger partial charge is 0.507 e. The number of amides is 1. The van der Waals surface area contributed by atoms with E-state index in [2.05, 4.69) is 21.2 Å². The number of hydrogen-bond acceptors (Lipinski definition) is 2. The van der Waals surface area contributed by atoms with Crippen LogP contribution in [0.4, 0.5) is 0 Å². The summed E-state index contributed by atoms with van der Waals surface area (Å²) in [5.74, 6) is -0.132. The van der Waals surface area contributed by atoms with Gasteiger partial charge in [0.25, 0.3) is 5.91 Å². The molecule has 1 aromatic carbocycles. The van der Waals surface area contributed by atoms with E-state index in [1.54, 1.807) is 12.1 Å². The molecule has 0 aliphatic heterocycles. The van der Waals surface area contributed by atoms with Crippen molar-refractivity contribution in [3.63, 3.8) is 0 Å². The van der Waals surface area contributed by atoms with E-state index in [4.69, 9.17) is 0 Å². The normalized spacial score (nSPS) is 17.7. The molecule has 0 saturated heterocycles. The van der Waals surface area contributed by atoms with Crippen LogP contribution < -0.4 is 5.32 Å². The summed E-state index contributed by atoms with van der Waals surface area (Å²) in [6, 6.07) is 5.15. The minimum absolute atomic E-state index is 0.0547. The van der Waals surface area contributed by atoms with E-state index in [0.29, 0.717) is 12.1 Å². The van der Waals surface area contributed by atoms with Crippen LogP contribution in [-0.2, 0) is 0 Å². The average molecular weight is 340 g/mol. The highest BCUT2D eigenvalue weighted by molar-refractivity contribution is 9.09. The van der Waals surface area contributed by atoms with Gasteiger partial charge in [0.15, 0.2) is 0 Å². The predicted octanol–water partition coefficient (Wildman–Crippen LogP) is 3.78. The van der Waals surface area contributed by atoms with Crippen LogP contribution in [0.15, 0.2) is 18.2 Å². The van der Waals surface area contributed by atoms with Crippen molar-refractivity contribution in [1.82, 2.24) is 5.32 Å². The van der Waals surface area contributed by atoms with Crippen molar-refractivity contribution in [3.05, 3.63) is 29.3 Å². The molecular formula is C16H22BrNO2. The molecule has 0 atom stereocenters. The van der Waals surface area contributed by atoms with Crippen LogP contribution in [0, 0.1) is 12.3 Å². The first-order valence-corrected chi connectivity index (χ1v) is 8.32. The topological polar surface area (TPSA) is 49.3 Å². The summed E-state index contributed by atoms with van der Waals surface area (Å²) in [7, 11) is 0. The van der Waals surface area contributed by atoms with Crippen molar-refractivity contribution in [2.75, 3.05) is 11.9 Å². The molecule has 1 saturated carbocycles. The van der Waals surface area contributed by atoms with Gasteiger partial charge in [0.2, 0.25) is 0 Å². The van der Waals surface area contributed by atoms with E-state index in [9.17, 15) is 9.90 Å². The quantitative estimate of drug-likeness (QED) is 0.820. The van der Waals surface area contributed by atoms with Gasteiger partial charge in [0, 0.05) is 11.9 Å². The fourth-order valence-electron chi connectivity index (χ4n) is 2.86. The summed E-state index contributed by atoms with van der Waals surface area (Å²) in [5.41, 5.74) is 1.48. The highest BCUT2D eigenvalue weighted by atomic mass is 79.9. The smallest absolute Gasteiger partial charge is 0.255 e. The van der Waals surface area contributed by atoms with Crippen LogP contribution in [-0.4, -0.2) is 22.9 Å². The number of benzene rings is 1. The van der Waals surface area contributed by atoms with E-state index in [-0.39, 0.29) is 17.1 Å². The van der Waals surface area contributed by atoms with Crippen LogP contribution in [0.5, 0.6) is 5.75 Å². The average Bonchev–Trinajstić information content (AvgIpc) is 2.46. The summed E-state index contributed by atoms with van der Waals surface area (Å²) < 4.78 is 0. The van der Waals surface area contributed by atoms with E-state index >= 15 is 0 Å². The number of phenolic OH excluding ortho intramolecular Hbond substituents is 1. The summed E-state index contributed by atoms with van der Waals surface area (Å²) in [6.07, 6.45) is 6.06. The maximum absolute atomic E-state index is 12.2. The maximum Gasteiger partial charge on any atom is 0.255 e. The Hall–Kier alpha value is -1.03. The Bertz CT molecular complexity index is 481. The Labute approximate surface area is 128 Å². The Kier molecular flexibility index (Phi) is 5.08. The molecular weight excluding hydrogens is 318 g/mol. The minimum Gasteiger partial charge on any atom is -0.507 e. The number of halogens is 1. The number of hydrogen-bond donors (Lipinski definition) is 2. The third-order valence-corrected chi connectivity index (χ3v) is 5.41. The SMILES string of the molecule is Cc1ccc(C(=O)NCC2(CBr)CCCCC2)c(O)c1. The molecule has 2 rings (SSSR count). The molecule has 1 fully saturated rings. The van der Waals surface area contributed by atoms with Gasteiger partial charge in [-0.3, -0.25) is 4.79 Å². The third-order valence-electron chi connectivity index (χ3n) is 4.22. The molecule has 0 heterocycles. The zero-order chi connectivity index (χ0) is 14.6. The van der Waals surface area contributed by atoms with E-state index in [0.717, 1.165) is 23.7 Å². The molecule has 2 N–H and O–H groups in total. The van der Waals surface area contributed by atoms with Crippen molar-refractivity contribution in [2.24, 2.45) is 5.41 Å². The number of carbonyl (C=O) groups excluding carboxylic acids is 1. The second-order valence-corrected chi connectivity index (χ2v) is 6.46. The molecule has 1 amide bonds. The molecule has 20 heavy (non-hydrogen) atoms. The van der Waals surface area contributed by atoms with E-state index < -0.39 is 0 Å². The van der Waals surface area contributed by atoms with Gasteiger partial charge < -0.3 is 10.4 Å². The van der Waals surface area contributed by atoms with E-state index in [1.807, 2.05) is 13.0 Å². The summed E-state index contributed by atoms with van der Waals surface area (Å²) >= 11 is 3.60. The fourth-order valence-corrected chi connectivity index (χ4v) is 3.62. The number of carbonyl (C=O) groups is 1. The van der Waals surface area contributed by atoms with Crippen molar-refractivity contribution in [3.8, 4) is 5.75 Å². The van der Waals surface area contributed by atoms with Crippen LogP contribution >= 0.6 is 15.9 Å². The Morgan fingerprint density at radius 3 is 2.65 bits per heavy atom. The minimum atomic E-state index is -0.187. The molecule has 1 aliphatic rings. The number of rotatable bonds is 4. The van der Waals surface area contributed by atoms with Crippen molar-refractivity contribution in [1.29, 1.82) is 0 Å². The first kappa shape index (κ1) is 15.4. The predicted molar refractivity (Wildman–Crippen MR) is 84.5 cm³/mol. The highest BCUT2D eigenvalue weighted by Crippen LogP contribution is 2.37. The lowest BCUT2D eigenvalue weighted by atomic mass is 9.75. The van der Waals surface area contributed by atoms with E-state index in [1.165, 1.54) is 19.3 Å². The lowest BCUT2D eigenvalue weighted by Gasteiger charge is -2.35. The van der Waals surface area contributed by atoms with Crippen LogP contribution in [0.1, 0.15) is 48.0 Å². The van der Waals surface area contributed by atoms with Gasteiger partial charge >= 0.3 is 0 Å². The molecule has 1 aromatic rings. The van der Waals surface area contributed by atoms with Crippen LogP contribution in [0.25, 0.3) is 0 Å². The Morgan fingerprint density at radius 2 is 2.05 bits per heavy atom. The maximum atomic E-state index is 12.2. The Balaban J connectivity index is 2.00. The van der Waals surface area contributed by atoms with Gasteiger partial charge in [0.05, 0.1) is 5.56 Å². The number of nitrogens with one attached hydrogen (secondary N) is 1. The lowest BCUT2D eigenvalue weighted by molar-refractivity contribution is 0.0919. The zero-order valence-electron chi connectivity index (χ0n) is 11.9. The van der Waals surface area contributed by atoms with Crippen LogP contribution in [0.3, 0.4) is 0 Å². The molecule has 3 nitrogen and oxygen atoms in total. The molecule has 0 aromatic heterocycles.